The highest BCUT2D eigenvalue weighted by atomic mass is 16.2. The van der Waals surface area contributed by atoms with Gasteiger partial charge < -0.3 is 15.5 Å². The first kappa shape index (κ1) is 15.8. The predicted octanol–water partition coefficient (Wildman–Crippen LogP) is 2.75. The quantitative estimate of drug-likeness (QED) is 0.875. The molecule has 1 aliphatic heterocycles. The van der Waals surface area contributed by atoms with Crippen molar-refractivity contribution in [3.8, 4) is 0 Å². The first-order chi connectivity index (χ1) is 10.2. The molecule has 2 amide bonds. The maximum atomic E-state index is 12.4. The molecule has 1 aromatic carbocycles. The molecule has 1 unspecified atom stereocenters. The molecule has 1 atom stereocenters. The summed E-state index contributed by atoms with van der Waals surface area (Å²) in [6.07, 6.45) is 3.67. The molecule has 1 aromatic rings. The van der Waals surface area contributed by atoms with E-state index >= 15 is 0 Å². The number of nitrogens with one attached hydrogen (secondary N) is 2. The van der Waals surface area contributed by atoms with Crippen molar-refractivity contribution >= 4 is 6.03 Å². The lowest BCUT2D eigenvalue weighted by molar-refractivity contribution is 0.169. The van der Waals surface area contributed by atoms with E-state index in [0.29, 0.717) is 12.6 Å². The van der Waals surface area contributed by atoms with Crippen LogP contribution in [-0.2, 0) is 6.54 Å². The highest BCUT2D eigenvalue weighted by Crippen LogP contribution is 2.11. The third-order valence-electron chi connectivity index (χ3n) is 4.00. The zero-order valence-corrected chi connectivity index (χ0v) is 13.1. The van der Waals surface area contributed by atoms with E-state index < -0.39 is 0 Å². The van der Waals surface area contributed by atoms with E-state index in [-0.39, 0.29) is 12.1 Å². The Morgan fingerprint density at radius 1 is 1.33 bits per heavy atom. The monoisotopic (exact) mass is 289 g/mol. The van der Waals surface area contributed by atoms with Crippen LogP contribution in [0.15, 0.2) is 30.3 Å². The zero-order valence-electron chi connectivity index (χ0n) is 13.1. The van der Waals surface area contributed by atoms with Gasteiger partial charge >= 0.3 is 6.03 Å². The number of amides is 2. The largest absolute Gasteiger partial charge is 0.334 e. The van der Waals surface area contributed by atoms with Crippen LogP contribution in [-0.4, -0.2) is 36.1 Å². The van der Waals surface area contributed by atoms with Gasteiger partial charge in [0.2, 0.25) is 0 Å². The number of hydrogen-bond donors (Lipinski definition) is 2. The Morgan fingerprint density at radius 3 is 2.71 bits per heavy atom. The van der Waals surface area contributed by atoms with Gasteiger partial charge in [-0.3, -0.25) is 0 Å². The molecule has 1 fully saturated rings. The summed E-state index contributed by atoms with van der Waals surface area (Å²) in [5, 5.41) is 6.54. The minimum Gasteiger partial charge on any atom is -0.334 e. The van der Waals surface area contributed by atoms with Crippen molar-refractivity contribution in [2.75, 3.05) is 13.1 Å². The van der Waals surface area contributed by atoms with Crippen LogP contribution in [0, 0.1) is 0 Å². The first-order valence-electron chi connectivity index (χ1n) is 7.98. The Bertz CT molecular complexity index is 427. The molecule has 116 valence electrons. The van der Waals surface area contributed by atoms with Crippen molar-refractivity contribution in [1.29, 1.82) is 0 Å². The molecule has 0 saturated carbocycles. The summed E-state index contributed by atoms with van der Waals surface area (Å²) in [6, 6.07) is 10.7. The Labute approximate surface area is 127 Å². The van der Waals surface area contributed by atoms with Crippen molar-refractivity contribution in [2.45, 2.75) is 51.7 Å². The molecule has 2 rings (SSSR count). The van der Waals surface area contributed by atoms with Gasteiger partial charge in [-0.05, 0) is 38.8 Å². The summed E-state index contributed by atoms with van der Waals surface area (Å²) in [5.41, 5.74) is 1.13. The average Bonchev–Trinajstić information content (AvgIpc) is 2.52. The zero-order chi connectivity index (χ0) is 15.1. The molecule has 4 nitrogen and oxygen atoms in total. The SMILES string of the molecule is CC(C)N(CC1CCCCN1)C(=O)NCc1ccccc1. The van der Waals surface area contributed by atoms with Gasteiger partial charge in [-0.25, -0.2) is 4.79 Å². The molecule has 0 spiro atoms. The predicted molar refractivity (Wildman–Crippen MR) is 86.2 cm³/mol. The van der Waals surface area contributed by atoms with Crippen molar-refractivity contribution in [2.24, 2.45) is 0 Å². The van der Waals surface area contributed by atoms with E-state index in [2.05, 4.69) is 24.5 Å². The molecule has 0 radical (unpaired) electrons. The molecule has 21 heavy (non-hydrogen) atoms. The molecule has 0 aliphatic carbocycles. The number of benzene rings is 1. The van der Waals surface area contributed by atoms with Crippen LogP contribution in [0.4, 0.5) is 4.79 Å². The van der Waals surface area contributed by atoms with Crippen LogP contribution in [0.3, 0.4) is 0 Å². The minimum absolute atomic E-state index is 0.0289. The van der Waals surface area contributed by atoms with Crippen molar-refractivity contribution in [3.63, 3.8) is 0 Å². The second-order valence-corrected chi connectivity index (χ2v) is 6.04. The smallest absolute Gasteiger partial charge is 0.317 e. The molecular formula is C17H27N3O. The second kappa shape index (κ2) is 8.03. The van der Waals surface area contributed by atoms with E-state index in [1.807, 2.05) is 35.2 Å². The molecule has 0 bridgehead atoms. The average molecular weight is 289 g/mol. The number of piperidine rings is 1. The molecule has 1 heterocycles. The lowest BCUT2D eigenvalue weighted by Gasteiger charge is -2.33. The van der Waals surface area contributed by atoms with Gasteiger partial charge in [0.1, 0.15) is 0 Å². The number of carbonyl (C=O) groups is 1. The molecule has 1 saturated heterocycles. The number of rotatable bonds is 5. The maximum Gasteiger partial charge on any atom is 0.317 e. The summed E-state index contributed by atoms with van der Waals surface area (Å²) in [7, 11) is 0. The third-order valence-corrected chi connectivity index (χ3v) is 4.00. The fourth-order valence-electron chi connectivity index (χ4n) is 2.72. The molecular weight excluding hydrogens is 262 g/mol. The summed E-state index contributed by atoms with van der Waals surface area (Å²) < 4.78 is 0. The number of urea groups is 1. The van der Waals surface area contributed by atoms with E-state index in [1.54, 1.807) is 0 Å². The molecule has 0 aromatic heterocycles. The van der Waals surface area contributed by atoms with Gasteiger partial charge in [-0.15, -0.1) is 0 Å². The Kier molecular flexibility index (Phi) is 6.05. The topological polar surface area (TPSA) is 44.4 Å². The van der Waals surface area contributed by atoms with Gasteiger partial charge in [-0.1, -0.05) is 36.8 Å². The van der Waals surface area contributed by atoms with Gasteiger partial charge in [0.25, 0.3) is 0 Å². The van der Waals surface area contributed by atoms with Crippen LogP contribution in [0.1, 0.15) is 38.7 Å². The first-order valence-corrected chi connectivity index (χ1v) is 7.98. The highest BCUT2D eigenvalue weighted by Gasteiger charge is 2.22. The van der Waals surface area contributed by atoms with Gasteiger partial charge in [-0.2, -0.15) is 0 Å². The summed E-state index contributed by atoms with van der Waals surface area (Å²) >= 11 is 0. The third kappa shape index (κ3) is 5.05. The minimum atomic E-state index is 0.0289. The van der Waals surface area contributed by atoms with Crippen molar-refractivity contribution < 1.29 is 4.79 Å². The number of nitrogens with zero attached hydrogens (tertiary/aromatic N) is 1. The Hall–Kier alpha value is -1.55. The lowest BCUT2D eigenvalue weighted by Crippen LogP contribution is -2.51. The van der Waals surface area contributed by atoms with E-state index in [0.717, 1.165) is 25.1 Å². The van der Waals surface area contributed by atoms with E-state index in [9.17, 15) is 4.79 Å². The van der Waals surface area contributed by atoms with E-state index in [4.69, 9.17) is 0 Å². The lowest BCUT2D eigenvalue weighted by atomic mass is 10.0. The van der Waals surface area contributed by atoms with Crippen molar-refractivity contribution in [1.82, 2.24) is 15.5 Å². The standard InChI is InChI=1S/C17H27N3O/c1-14(2)20(13-16-10-6-7-11-18-16)17(21)19-12-15-8-4-3-5-9-15/h3-5,8-9,14,16,18H,6-7,10-13H2,1-2H3,(H,19,21). The normalized spacial score (nSPS) is 18.5. The van der Waals surface area contributed by atoms with Crippen LogP contribution < -0.4 is 10.6 Å². The molecule has 4 heteroatoms. The number of carbonyl (C=O) groups excluding carboxylic acids is 1. The fourth-order valence-corrected chi connectivity index (χ4v) is 2.72. The van der Waals surface area contributed by atoms with Gasteiger partial charge in [0.05, 0.1) is 0 Å². The Balaban J connectivity index is 1.86. The fraction of sp³-hybridized carbons (Fsp3) is 0.588. The number of hydrogen-bond acceptors (Lipinski definition) is 2. The molecule has 2 N–H and O–H groups in total. The van der Waals surface area contributed by atoms with Crippen LogP contribution in [0.5, 0.6) is 0 Å². The maximum absolute atomic E-state index is 12.4. The Morgan fingerprint density at radius 2 is 2.10 bits per heavy atom. The second-order valence-electron chi connectivity index (χ2n) is 6.04. The summed E-state index contributed by atoms with van der Waals surface area (Å²) in [6.45, 7) is 6.59. The van der Waals surface area contributed by atoms with Crippen LogP contribution in [0.25, 0.3) is 0 Å². The van der Waals surface area contributed by atoms with Crippen LogP contribution in [0.2, 0.25) is 0 Å². The summed E-state index contributed by atoms with van der Waals surface area (Å²) in [5.74, 6) is 0. The van der Waals surface area contributed by atoms with Crippen molar-refractivity contribution in [3.05, 3.63) is 35.9 Å². The highest BCUT2D eigenvalue weighted by molar-refractivity contribution is 5.74. The van der Waals surface area contributed by atoms with E-state index in [1.165, 1.54) is 12.8 Å². The summed E-state index contributed by atoms with van der Waals surface area (Å²) in [4.78, 5) is 14.4. The van der Waals surface area contributed by atoms with Gasteiger partial charge in [0, 0.05) is 25.2 Å². The van der Waals surface area contributed by atoms with Gasteiger partial charge in [0.15, 0.2) is 0 Å². The van der Waals surface area contributed by atoms with Crippen LogP contribution >= 0.6 is 0 Å². The molecule has 1 aliphatic rings.